The third-order valence-corrected chi connectivity index (χ3v) is 5.91. The first kappa shape index (κ1) is 18.6. The first-order chi connectivity index (χ1) is 13.6. The molecule has 2 N–H and O–H groups in total. The largest absolute Gasteiger partial charge is 0.350 e. The van der Waals surface area contributed by atoms with Gasteiger partial charge in [-0.05, 0) is 46.9 Å². The molecule has 0 aliphatic rings. The molecule has 0 saturated carbocycles. The predicted molar refractivity (Wildman–Crippen MR) is 116 cm³/mol. The summed E-state index contributed by atoms with van der Waals surface area (Å²) in [5, 5.41) is 14.6. The van der Waals surface area contributed by atoms with E-state index < -0.39 is 0 Å². The Hall–Kier alpha value is -2.77. The summed E-state index contributed by atoms with van der Waals surface area (Å²) in [7, 11) is 0. The summed E-state index contributed by atoms with van der Waals surface area (Å²) < 4.78 is 2.40. The molecule has 2 heterocycles. The third kappa shape index (κ3) is 3.76. The van der Waals surface area contributed by atoms with E-state index in [1.54, 1.807) is 11.3 Å². The molecule has 5 nitrogen and oxygen atoms in total. The van der Waals surface area contributed by atoms with Crippen molar-refractivity contribution in [1.29, 1.82) is 0 Å². The molecule has 4 aromatic rings. The van der Waals surface area contributed by atoms with E-state index in [-0.39, 0.29) is 11.9 Å². The van der Waals surface area contributed by atoms with Crippen LogP contribution >= 0.6 is 23.6 Å². The number of rotatable bonds is 6. The van der Waals surface area contributed by atoms with Gasteiger partial charge in [-0.3, -0.25) is 14.5 Å². The summed E-state index contributed by atoms with van der Waals surface area (Å²) in [6.07, 6.45) is 0.335. The lowest BCUT2D eigenvalue weighted by Crippen LogP contribution is -2.27. The highest BCUT2D eigenvalue weighted by atomic mass is 32.1. The lowest BCUT2D eigenvalue weighted by Gasteiger charge is -2.17. The number of aromatic amines is 1. The van der Waals surface area contributed by atoms with Crippen LogP contribution in [0.5, 0.6) is 0 Å². The Kier molecular flexibility index (Phi) is 5.36. The van der Waals surface area contributed by atoms with Gasteiger partial charge in [0, 0.05) is 13.0 Å². The number of benzene rings is 2. The fourth-order valence-electron chi connectivity index (χ4n) is 3.35. The Morgan fingerprint density at radius 3 is 2.86 bits per heavy atom. The van der Waals surface area contributed by atoms with E-state index in [2.05, 4.69) is 39.8 Å². The van der Waals surface area contributed by atoms with Crippen LogP contribution in [0.15, 0.2) is 60.0 Å². The van der Waals surface area contributed by atoms with E-state index in [1.807, 2.05) is 47.2 Å². The number of nitrogens with zero attached hydrogens (tertiary/aromatic N) is 2. The van der Waals surface area contributed by atoms with Crippen LogP contribution in [-0.2, 0) is 11.3 Å². The van der Waals surface area contributed by atoms with Crippen molar-refractivity contribution < 1.29 is 4.79 Å². The fraction of sp³-hybridized carbons (Fsp3) is 0.190. The Morgan fingerprint density at radius 1 is 1.21 bits per heavy atom. The van der Waals surface area contributed by atoms with Gasteiger partial charge in [0.1, 0.15) is 0 Å². The molecule has 0 saturated heterocycles. The van der Waals surface area contributed by atoms with Gasteiger partial charge in [-0.2, -0.15) is 5.10 Å². The van der Waals surface area contributed by atoms with Crippen LogP contribution in [0.4, 0.5) is 0 Å². The van der Waals surface area contributed by atoms with Crippen molar-refractivity contribution in [1.82, 2.24) is 20.1 Å². The molecular formula is C21H20N4OS2. The molecular weight excluding hydrogens is 388 g/mol. The summed E-state index contributed by atoms with van der Waals surface area (Å²) in [6.45, 7) is 2.50. The number of carbonyl (C=O) groups excluding carboxylic acids is 1. The molecule has 0 radical (unpaired) electrons. The van der Waals surface area contributed by atoms with Gasteiger partial charge < -0.3 is 5.32 Å². The van der Waals surface area contributed by atoms with Crippen LogP contribution in [0, 0.1) is 4.77 Å². The van der Waals surface area contributed by atoms with Gasteiger partial charge in [0.25, 0.3) is 0 Å². The first-order valence-corrected chi connectivity index (χ1v) is 10.4. The minimum atomic E-state index is -0.0762. The van der Waals surface area contributed by atoms with Crippen LogP contribution in [0.2, 0.25) is 0 Å². The molecule has 1 unspecified atom stereocenters. The zero-order chi connectivity index (χ0) is 19.5. The van der Waals surface area contributed by atoms with Crippen molar-refractivity contribution in [2.45, 2.75) is 25.9 Å². The number of nitrogens with one attached hydrogen (secondary N) is 2. The van der Waals surface area contributed by atoms with Crippen molar-refractivity contribution in [3.63, 3.8) is 0 Å². The summed E-state index contributed by atoms with van der Waals surface area (Å²) in [5.41, 5.74) is 1.12. The Morgan fingerprint density at radius 2 is 2.04 bits per heavy atom. The molecule has 0 fully saturated rings. The normalized spacial score (nSPS) is 12.2. The van der Waals surface area contributed by atoms with Gasteiger partial charge in [-0.1, -0.05) is 48.5 Å². The highest BCUT2D eigenvalue weighted by Gasteiger charge is 2.14. The van der Waals surface area contributed by atoms with E-state index >= 15 is 0 Å². The number of hydrogen-bond acceptors (Lipinski definition) is 4. The molecule has 0 aliphatic carbocycles. The second kappa shape index (κ2) is 8.08. The lowest BCUT2D eigenvalue weighted by molar-refractivity contribution is -0.121. The van der Waals surface area contributed by atoms with Gasteiger partial charge in [0.15, 0.2) is 10.6 Å². The monoisotopic (exact) mass is 408 g/mol. The van der Waals surface area contributed by atoms with Gasteiger partial charge in [-0.25, -0.2) is 0 Å². The van der Waals surface area contributed by atoms with Crippen LogP contribution in [0.1, 0.15) is 24.9 Å². The van der Waals surface area contributed by atoms with E-state index in [9.17, 15) is 4.79 Å². The summed E-state index contributed by atoms with van der Waals surface area (Å²) in [4.78, 5) is 13.6. The third-order valence-electron chi connectivity index (χ3n) is 4.73. The first-order valence-electron chi connectivity index (χ1n) is 9.09. The minimum Gasteiger partial charge on any atom is -0.350 e. The van der Waals surface area contributed by atoms with E-state index in [0.29, 0.717) is 17.7 Å². The van der Waals surface area contributed by atoms with Gasteiger partial charge >= 0.3 is 0 Å². The molecule has 7 heteroatoms. The molecule has 28 heavy (non-hydrogen) atoms. The summed E-state index contributed by atoms with van der Waals surface area (Å²) in [6, 6.07) is 18.3. The van der Waals surface area contributed by atoms with E-state index in [1.165, 1.54) is 5.39 Å². The molecule has 0 spiro atoms. The number of aromatic nitrogens is 3. The standard InChI is InChI=1S/C21H20N4OS2/c1-14(16-9-4-7-15-6-2-3-8-17(15)16)22-19(26)11-12-25-20(23-24-21(25)27)18-10-5-13-28-18/h2-10,13-14H,11-12H2,1H3,(H,22,26)(H,24,27). The van der Waals surface area contributed by atoms with Crippen molar-refractivity contribution >= 4 is 40.2 Å². The second-order valence-electron chi connectivity index (χ2n) is 6.59. The van der Waals surface area contributed by atoms with E-state index in [0.717, 1.165) is 21.7 Å². The maximum absolute atomic E-state index is 12.6. The second-order valence-corrected chi connectivity index (χ2v) is 7.92. The SMILES string of the molecule is CC(NC(=O)CCn1c(-c2cccs2)n[nH]c1=S)c1cccc2ccccc12. The molecule has 0 bridgehead atoms. The fourth-order valence-corrected chi connectivity index (χ4v) is 4.30. The highest BCUT2D eigenvalue weighted by molar-refractivity contribution is 7.71. The lowest BCUT2D eigenvalue weighted by atomic mass is 9.99. The van der Waals surface area contributed by atoms with Crippen LogP contribution < -0.4 is 5.32 Å². The molecule has 0 aliphatic heterocycles. The van der Waals surface area contributed by atoms with Crippen molar-refractivity contribution in [2.75, 3.05) is 0 Å². The number of carbonyl (C=O) groups is 1. The average molecular weight is 409 g/mol. The molecule has 2 aromatic heterocycles. The number of H-pyrrole nitrogens is 1. The van der Waals surface area contributed by atoms with Crippen molar-refractivity contribution in [3.05, 3.63) is 70.3 Å². The highest BCUT2D eigenvalue weighted by Crippen LogP contribution is 2.25. The quantitative estimate of drug-likeness (QED) is 0.437. The Balaban J connectivity index is 1.46. The zero-order valence-electron chi connectivity index (χ0n) is 15.4. The average Bonchev–Trinajstić information content (AvgIpc) is 3.35. The van der Waals surface area contributed by atoms with Crippen molar-refractivity contribution in [2.24, 2.45) is 0 Å². The van der Waals surface area contributed by atoms with Crippen LogP contribution in [0.25, 0.3) is 21.5 Å². The molecule has 142 valence electrons. The number of hydrogen-bond donors (Lipinski definition) is 2. The number of thiophene rings is 1. The summed E-state index contributed by atoms with van der Waals surface area (Å²) in [5.74, 6) is 0.760. The number of amides is 1. The minimum absolute atomic E-state index is 0.0133. The molecule has 4 rings (SSSR count). The maximum atomic E-state index is 12.6. The van der Waals surface area contributed by atoms with Gasteiger partial charge in [0.05, 0.1) is 10.9 Å². The van der Waals surface area contributed by atoms with Crippen LogP contribution in [-0.4, -0.2) is 20.7 Å². The van der Waals surface area contributed by atoms with Crippen molar-refractivity contribution in [3.8, 4) is 10.7 Å². The summed E-state index contributed by atoms with van der Waals surface area (Å²) >= 11 is 6.93. The van der Waals surface area contributed by atoms with Crippen LogP contribution in [0.3, 0.4) is 0 Å². The Labute approximate surface area is 172 Å². The molecule has 1 atom stereocenters. The van der Waals surface area contributed by atoms with E-state index in [4.69, 9.17) is 12.2 Å². The molecule has 1 amide bonds. The zero-order valence-corrected chi connectivity index (χ0v) is 17.0. The van der Waals surface area contributed by atoms with Gasteiger partial charge in [0.2, 0.25) is 5.91 Å². The smallest absolute Gasteiger partial charge is 0.222 e. The molecule has 2 aromatic carbocycles. The van der Waals surface area contributed by atoms with Gasteiger partial charge in [-0.15, -0.1) is 11.3 Å². The Bertz CT molecular complexity index is 1160. The number of fused-ring (bicyclic) bond motifs is 1. The topological polar surface area (TPSA) is 62.7 Å². The predicted octanol–water partition coefficient (Wildman–Crippen LogP) is 5.09. The maximum Gasteiger partial charge on any atom is 0.222 e.